The van der Waals surface area contributed by atoms with Gasteiger partial charge >= 0.3 is 0 Å². The summed E-state index contributed by atoms with van der Waals surface area (Å²) in [6, 6.07) is 5.77. The van der Waals surface area contributed by atoms with Gasteiger partial charge < -0.3 is 9.26 Å². The topological polar surface area (TPSA) is 51.4 Å². The first-order valence-electron chi connectivity index (χ1n) is 6.51. The van der Waals surface area contributed by atoms with Gasteiger partial charge in [-0.25, -0.2) is 0 Å². The van der Waals surface area contributed by atoms with E-state index < -0.39 is 0 Å². The quantitative estimate of drug-likeness (QED) is 0.841. The molecule has 1 aliphatic heterocycles. The molecule has 0 aliphatic carbocycles. The Morgan fingerprint density at radius 3 is 3.00 bits per heavy atom. The van der Waals surface area contributed by atoms with Gasteiger partial charge in [0.05, 0.1) is 5.69 Å². The lowest BCUT2D eigenvalue weighted by Crippen LogP contribution is -2.24. The highest BCUT2D eigenvalue weighted by Gasteiger charge is 2.24. The van der Waals surface area contributed by atoms with E-state index in [1.54, 1.807) is 12.4 Å². The van der Waals surface area contributed by atoms with Crippen LogP contribution in [0.5, 0.6) is 5.75 Å². The summed E-state index contributed by atoms with van der Waals surface area (Å²) in [7, 11) is 0. The Balaban J connectivity index is 1.53. The van der Waals surface area contributed by atoms with E-state index in [0.717, 1.165) is 43.3 Å². The molecule has 1 atom stereocenters. The molecule has 1 aliphatic rings. The van der Waals surface area contributed by atoms with E-state index in [2.05, 4.69) is 15.0 Å². The van der Waals surface area contributed by atoms with Crippen molar-refractivity contribution in [3.05, 3.63) is 42.0 Å². The molecule has 2 aromatic rings. The molecule has 0 amide bonds. The van der Waals surface area contributed by atoms with Gasteiger partial charge in [-0.15, -0.1) is 0 Å². The fraction of sp³-hybridized carbons (Fsp3) is 0.429. The minimum Gasteiger partial charge on any atom is -0.489 e. The third-order valence-electron chi connectivity index (χ3n) is 3.24. The summed E-state index contributed by atoms with van der Waals surface area (Å²) in [6.45, 7) is 4.69. The lowest BCUT2D eigenvalue weighted by molar-refractivity contribution is 0.197. The second-order valence-electron chi connectivity index (χ2n) is 4.88. The van der Waals surface area contributed by atoms with Gasteiger partial charge in [0, 0.05) is 38.1 Å². The Labute approximate surface area is 112 Å². The number of ether oxygens (including phenoxy) is 1. The maximum Gasteiger partial charge on any atom is 0.133 e. The summed E-state index contributed by atoms with van der Waals surface area (Å²) in [4.78, 5) is 6.32. The summed E-state index contributed by atoms with van der Waals surface area (Å²) < 4.78 is 11.0. The van der Waals surface area contributed by atoms with Crippen molar-refractivity contribution in [1.82, 2.24) is 15.0 Å². The summed E-state index contributed by atoms with van der Waals surface area (Å²) in [5, 5.41) is 4.02. The van der Waals surface area contributed by atoms with Crippen molar-refractivity contribution in [2.45, 2.75) is 26.0 Å². The van der Waals surface area contributed by atoms with Gasteiger partial charge in [-0.2, -0.15) is 0 Å². The van der Waals surface area contributed by atoms with E-state index in [9.17, 15) is 0 Å². The zero-order valence-electron chi connectivity index (χ0n) is 11.0. The third-order valence-corrected chi connectivity index (χ3v) is 3.24. The van der Waals surface area contributed by atoms with Gasteiger partial charge in [0.25, 0.3) is 0 Å². The molecule has 0 radical (unpaired) electrons. The van der Waals surface area contributed by atoms with Crippen LogP contribution in [0.1, 0.15) is 17.9 Å². The minimum absolute atomic E-state index is 0.246. The van der Waals surface area contributed by atoms with Crippen LogP contribution in [0.2, 0.25) is 0 Å². The molecule has 1 fully saturated rings. The zero-order chi connectivity index (χ0) is 13.1. The summed E-state index contributed by atoms with van der Waals surface area (Å²) >= 11 is 0. The van der Waals surface area contributed by atoms with E-state index >= 15 is 0 Å². The highest BCUT2D eigenvalue weighted by atomic mass is 16.5. The standard InChI is InChI=1S/C14H17N3O2/c1-11-8-12(16-19-11)9-17-7-4-14(10-17)18-13-2-5-15-6-3-13/h2-3,5-6,8,14H,4,7,9-10H2,1H3/t14-/m1/s1. The molecule has 0 spiro atoms. The highest BCUT2D eigenvalue weighted by Crippen LogP contribution is 2.19. The van der Waals surface area contributed by atoms with Crippen LogP contribution in [0.25, 0.3) is 0 Å². The molecule has 0 aromatic carbocycles. The molecule has 5 nitrogen and oxygen atoms in total. The van der Waals surface area contributed by atoms with Crippen molar-refractivity contribution in [2.24, 2.45) is 0 Å². The maximum absolute atomic E-state index is 5.92. The number of aryl methyl sites for hydroxylation is 1. The first-order valence-corrected chi connectivity index (χ1v) is 6.51. The van der Waals surface area contributed by atoms with Crippen LogP contribution in [0.15, 0.2) is 35.1 Å². The number of aromatic nitrogens is 2. The van der Waals surface area contributed by atoms with Crippen LogP contribution in [0.4, 0.5) is 0 Å². The molecule has 0 saturated carbocycles. The van der Waals surface area contributed by atoms with Gasteiger partial charge in [0.1, 0.15) is 17.6 Å². The first-order chi connectivity index (χ1) is 9.29. The van der Waals surface area contributed by atoms with Crippen molar-refractivity contribution in [2.75, 3.05) is 13.1 Å². The number of hydrogen-bond donors (Lipinski definition) is 0. The van der Waals surface area contributed by atoms with Crippen molar-refractivity contribution in [1.29, 1.82) is 0 Å². The Hall–Kier alpha value is -1.88. The average Bonchev–Trinajstić information content (AvgIpc) is 3.01. The molecular formula is C14H17N3O2. The molecule has 19 heavy (non-hydrogen) atoms. The molecular weight excluding hydrogens is 242 g/mol. The SMILES string of the molecule is Cc1cc(CN2CC[C@@H](Oc3ccncc3)C2)no1. The molecule has 100 valence electrons. The van der Waals surface area contributed by atoms with E-state index in [1.165, 1.54) is 0 Å². The Morgan fingerprint density at radius 1 is 1.42 bits per heavy atom. The van der Waals surface area contributed by atoms with Crippen LogP contribution in [-0.2, 0) is 6.54 Å². The molecule has 0 N–H and O–H groups in total. The normalized spacial score (nSPS) is 19.7. The van der Waals surface area contributed by atoms with Crippen LogP contribution in [-0.4, -0.2) is 34.2 Å². The van der Waals surface area contributed by atoms with E-state index in [-0.39, 0.29) is 6.10 Å². The molecule has 3 rings (SSSR count). The number of pyridine rings is 1. The Bertz CT molecular complexity index is 526. The second-order valence-corrected chi connectivity index (χ2v) is 4.88. The summed E-state index contributed by atoms with van der Waals surface area (Å²) in [6.07, 6.45) is 4.79. The van der Waals surface area contributed by atoms with Crippen LogP contribution >= 0.6 is 0 Å². The van der Waals surface area contributed by atoms with Gasteiger partial charge in [-0.1, -0.05) is 5.16 Å². The van der Waals surface area contributed by atoms with Crippen molar-refractivity contribution < 1.29 is 9.26 Å². The Morgan fingerprint density at radius 2 is 2.26 bits per heavy atom. The minimum atomic E-state index is 0.246. The van der Waals surface area contributed by atoms with Crippen LogP contribution < -0.4 is 4.74 Å². The smallest absolute Gasteiger partial charge is 0.133 e. The number of nitrogens with zero attached hydrogens (tertiary/aromatic N) is 3. The van der Waals surface area contributed by atoms with Crippen molar-refractivity contribution >= 4 is 0 Å². The molecule has 2 aromatic heterocycles. The summed E-state index contributed by atoms with van der Waals surface area (Å²) in [5.41, 5.74) is 0.988. The Kier molecular flexibility index (Phi) is 3.46. The van der Waals surface area contributed by atoms with Crippen molar-refractivity contribution in [3.63, 3.8) is 0 Å². The molecule has 3 heterocycles. The largest absolute Gasteiger partial charge is 0.489 e. The average molecular weight is 259 g/mol. The maximum atomic E-state index is 5.92. The fourth-order valence-electron chi connectivity index (χ4n) is 2.37. The van der Waals surface area contributed by atoms with Gasteiger partial charge in [-0.05, 0) is 25.5 Å². The monoisotopic (exact) mass is 259 g/mol. The lowest BCUT2D eigenvalue weighted by Gasteiger charge is -2.15. The van der Waals surface area contributed by atoms with Gasteiger partial charge in [0.2, 0.25) is 0 Å². The number of rotatable bonds is 4. The molecule has 5 heteroatoms. The molecule has 0 unspecified atom stereocenters. The highest BCUT2D eigenvalue weighted by molar-refractivity contribution is 5.17. The second kappa shape index (κ2) is 5.40. The third kappa shape index (κ3) is 3.12. The first kappa shape index (κ1) is 12.2. The summed E-state index contributed by atoms with van der Waals surface area (Å²) in [5.74, 6) is 1.75. The van der Waals surface area contributed by atoms with E-state index in [4.69, 9.17) is 9.26 Å². The van der Waals surface area contributed by atoms with Gasteiger partial charge in [0.15, 0.2) is 0 Å². The zero-order valence-corrected chi connectivity index (χ0v) is 11.0. The number of likely N-dealkylation sites (tertiary alicyclic amines) is 1. The fourth-order valence-corrected chi connectivity index (χ4v) is 2.37. The number of hydrogen-bond acceptors (Lipinski definition) is 5. The van der Waals surface area contributed by atoms with Crippen LogP contribution in [0.3, 0.4) is 0 Å². The predicted molar refractivity (Wildman–Crippen MR) is 69.8 cm³/mol. The molecule has 1 saturated heterocycles. The van der Waals surface area contributed by atoms with Crippen molar-refractivity contribution in [3.8, 4) is 5.75 Å². The van der Waals surface area contributed by atoms with Gasteiger partial charge in [-0.3, -0.25) is 9.88 Å². The predicted octanol–water partition coefficient (Wildman–Crippen LogP) is 2.03. The molecule has 0 bridgehead atoms. The van der Waals surface area contributed by atoms with E-state index in [1.807, 2.05) is 25.1 Å². The lowest BCUT2D eigenvalue weighted by atomic mass is 10.3. The van der Waals surface area contributed by atoms with E-state index in [0.29, 0.717) is 0 Å². The van der Waals surface area contributed by atoms with Crippen LogP contribution in [0, 0.1) is 6.92 Å².